The van der Waals surface area contributed by atoms with Crippen LogP contribution < -0.4 is 10.6 Å². The zero-order chi connectivity index (χ0) is 28.4. The second-order valence-electron chi connectivity index (χ2n) is 10.9. The smallest absolute Gasteiger partial charge is 0.254 e. The first-order valence-corrected chi connectivity index (χ1v) is 13.9. The van der Waals surface area contributed by atoms with Gasteiger partial charge in [-0.2, -0.15) is 0 Å². The Balaban J connectivity index is 1.22. The van der Waals surface area contributed by atoms with Crippen molar-refractivity contribution in [2.45, 2.75) is 37.4 Å². The molecule has 1 heterocycles. The molecule has 0 bridgehead atoms. The van der Waals surface area contributed by atoms with Crippen LogP contribution >= 0.6 is 0 Å². The van der Waals surface area contributed by atoms with Gasteiger partial charge < -0.3 is 20.5 Å². The van der Waals surface area contributed by atoms with Crippen molar-refractivity contribution < 1.29 is 14.4 Å². The van der Waals surface area contributed by atoms with Crippen LogP contribution in [0.25, 0.3) is 21.7 Å². The van der Waals surface area contributed by atoms with Crippen LogP contribution in [0.1, 0.15) is 34.3 Å². The van der Waals surface area contributed by atoms with Gasteiger partial charge in [0, 0.05) is 37.1 Å². The van der Waals surface area contributed by atoms with Crippen molar-refractivity contribution in [2.75, 3.05) is 7.05 Å². The highest BCUT2D eigenvalue weighted by molar-refractivity contribution is 6.09. The molecule has 0 saturated heterocycles. The minimum atomic E-state index is -1.03. The van der Waals surface area contributed by atoms with Crippen LogP contribution in [0, 0.1) is 0 Å². The summed E-state index contributed by atoms with van der Waals surface area (Å²) in [5, 5.41) is 8.97. The molecule has 0 radical (unpaired) electrons. The second-order valence-corrected chi connectivity index (χ2v) is 10.9. The molecule has 1 aromatic heterocycles. The average Bonchev–Trinajstić information content (AvgIpc) is 3.65. The lowest BCUT2D eigenvalue weighted by molar-refractivity contribution is -0.136. The molecule has 0 unspecified atom stereocenters. The highest BCUT2D eigenvalue weighted by Gasteiger charge is 2.52. The van der Waals surface area contributed by atoms with Gasteiger partial charge in [-0.1, -0.05) is 91.0 Å². The molecule has 3 N–H and O–H groups in total. The van der Waals surface area contributed by atoms with Crippen molar-refractivity contribution in [2.24, 2.45) is 0 Å². The van der Waals surface area contributed by atoms with E-state index < -0.39 is 11.6 Å². The Hall–Kier alpha value is -4.91. The number of carbonyl (C=O) groups excluding carboxylic acids is 3. The van der Waals surface area contributed by atoms with E-state index in [1.54, 1.807) is 18.1 Å². The maximum absolute atomic E-state index is 13.8. The maximum Gasteiger partial charge on any atom is 0.254 e. The predicted octanol–water partition coefficient (Wildman–Crippen LogP) is 4.97. The van der Waals surface area contributed by atoms with Crippen molar-refractivity contribution in [1.82, 2.24) is 20.5 Å². The number of nitrogens with one attached hydrogen (secondary N) is 3. The van der Waals surface area contributed by atoms with E-state index >= 15 is 0 Å². The van der Waals surface area contributed by atoms with Gasteiger partial charge in [0.05, 0.1) is 5.56 Å². The van der Waals surface area contributed by atoms with Crippen LogP contribution in [0.2, 0.25) is 0 Å². The van der Waals surface area contributed by atoms with Crippen molar-refractivity contribution in [1.29, 1.82) is 0 Å². The number of para-hydroxylation sites is 1. The third kappa shape index (κ3) is 5.57. The topological polar surface area (TPSA) is 94.3 Å². The van der Waals surface area contributed by atoms with E-state index in [1.807, 2.05) is 91.0 Å². The summed E-state index contributed by atoms with van der Waals surface area (Å²) in [7, 11) is 1.75. The van der Waals surface area contributed by atoms with E-state index in [-0.39, 0.29) is 17.7 Å². The summed E-state index contributed by atoms with van der Waals surface area (Å²) in [5.41, 5.74) is 2.27. The molecule has 41 heavy (non-hydrogen) atoms. The summed E-state index contributed by atoms with van der Waals surface area (Å²) in [5.74, 6) is -0.833. The molecule has 206 valence electrons. The average molecular weight is 545 g/mol. The number of fused-ring (bicyclic) bond motifs is 2. The molecular weight excluding hydrogens is 512 g/mol. The lowest BCUT2D eigenvalue weighted by Crippen LogP contribution is -2.55. The minimum Gasteiger partial charge on any atom is -0.360 e. The summed E-state index contributed by atoms with van der Waals surface area (Å²) in [6.07, 6.45) is 3.03. The first-order chi connectivity index (χ1) is 19.9. The number of aromatic nitrogens is 1. The Labute approximate surface area is 238 Å². The Kier molecular flexibility index (Phi) is 7.01. The Morgan fingerprint density at radius 1 is 0.854 bits per heavy atom. The molecule has 1 aliphatic rings. The number of benzene rings is 4. The standard InChI is InChI=1S/C34H32N4O3/c1-38(22-23-9-3-2-4-10-23)32(40)30(20-24-15-16-25-11-5-6-12-26(25)19-24)36-33(41)34(17-18-34)37-31(39)28-21-35-29-14-8-7-13-27(28)29/h2-16,19,21,30,35H,17-18,20,22H2,1H3,(H,36,41)(H,37,39)/t30-/m0/s1. The van der Waals surface area contributed by atoms with Crippen molar-refractivity contribution >= 4 is 39.4 Å². The molecule has 7 heteroatoms. The molecule has 1 fully saturated rings. The fourth-order valence-corrected chi connectivity index (χ4v) is 5.38. The minimum absolute atomic E-state index is 0.186. The predicted molar refractivity (Wildman–Crippen MR) is 160 cm³/mol. The fourth-order valence-electron chi connectivity index (χ4n) is 5.38. The molecule has 1 saturated carbocycles. The highest BCUT2D eigenvalue weighted by atomic mass is 16.2. The number of hydrogen-bond donors (Lipinski definition) is 3. The third-order valence-corrected chi connectivity index (χ3v) is 7.87. The number of carbonyl (C=O) groups is 3. The van der Waals surface area contributed by atoms with Crippen LogP contribution in [0.15, 0.2) is 103 Å². The lowest BCUT2D eigenvalue weighted by atomic mass is 10.00. The first kappa shape index (κ1) is 26.3. The maximum atomic E-state index is 13.8. The van der Waals surface area contributed by atoms with Crippen LogP contribution in [-0.4, -0.2) is 46.2 Å². The Bertz CT molecular complexity index is 1740. The first-order valence-electron chi connectivity index (χ1n) is 13.9. The summed E-state index contributed by atoms with van der Waals surface area (Å²) in [6, 6.07) is 30.7. The van der Waals surface area contributed by atoms with E-state index in [4.69, 9.17) is 0 Å². The lowest BCUT2D eigenvalue weighted by Gasteiger charge is -2.27. The molecule has 1 atom stereocenters. The number of rotatable bonds is 9. The number of amides is 3. The number of hydrogen-bond acceptors (Lipinski definition) is 3. The zero-order valence-electron chi connectivity index (χ0n) is 22.9. The Morgan fingerprint density at radius 2 is 1.56 bits per heavy atom. The summed E-state index contributed by atoms with van der Waals surface area (Å²) < 4.78 is 0. The van der Waals surface area contributed by atoms with Gasteiger partial charge in [0.15, 0.2) is 0 Å². The van der Waals surface area contributed by atoms with E-state index in [0.29, 0.717) is 31.4 Å². The van der Waals surface area contributed by atoms with Crippen LogP contribution in [0.5, 0.6) is 0 Å². The van der Waals surface area contributed by atoms with Gasteiger partial charge in [0.1, 0.15) is 11.6 Å². The molecule has 3 amide bonds. The van der Waals surface area contributed by atoms with Gasteiger partial charge in [0.25, 0.3) is 5.91 Å². The normalized spacial score (nSPS) is 14.4. The van der Waals surface area contributed by atoms with Gasteiger partial charge in [-0.3, -0.25) is 14.4 Å². The molecule has 0 aliphatic heterocycles. The third-order valence-electron chi connectivity index (χ3n) is 7.87. The number of H-pyrrole nitrogens is 1. The SMILES string of the molecule is CN(Cc1ccccc1)C(=O)[C@H](Cc1ccc2ccccc2c1)NC(=O)C1(NC(=O)c2c[nH]c3ccccc23)CC1. The molecule has 1 aliphatic carbocycles. The molecule has 6 rings (SSSR count). The second kappa shape index (κ2) is 10.9. The van der Waals surface area contributed by atoms with Crippen molar-refractivity contribution in [3.05, 3.63) is 120 Å². The van der Waals surface area contributed by atoms with Crippen LogP contribution in [0.3, 0.4) is 0 Å². The summed E-state index contributed by atoms with van der Waals surface area (Å²) in [6.45, 7) is 0.423. The van der Waals surface area contributed by atoms with E-state index in [1.165, 1.54) is 0 Å². The highest BCUT2D eigenvalue weighted by Crippen LogP contribution is 2.36. The molecule has 4 aromatic carbocycles. The van der Waals surface area contributed by atoms with E-state index in [2.05, 4.69) is 21.7 Å². The number of nitrogens with zero attached hydrogens (tertiary/aromatic N) is 1. The molecular formula is C34H32N4O3. The number of aromatic amines is 1. The molecule has 0 spiro atoms. The van der Waals surface area contributed by atoms with Gasteiger partial charge in [-0.05, 0) is 40.8 Å². The van der Waals surface area contributed by atoms with Crippen LogP contribution in [0.4, 0.5) is 0 Å². The zero-order valence-corrected chi connectivity index (χ0v) is 22.9. The largest absolute Gasteiger partial charge is 0.360 e. The summed E-state index contributed by atoms with van der Waals surface area (Å²) >= 11 is 0. The molecule has 7 nitrogen and oxygen atoms in total. The van der Waals surface area contributed by atoms with Crippen LogP contribution in [-0.2, 0) is 22.6 Å². The van der Waals surface area contributed by atoms with Gasteiger partial charge in [-0.25, -0.2) is 0 Å². The summed E-state index contributed by atoms with van der Waals surface area (Å²) in [4.78, 5) is 45.5. The van der Waals surface area contributed by atoms with E-state index in [0.717, 1.165) is 32.8 Å². The Morgan fingerprint density at radius 3 is 2.34 bits per heavy atom. The van der Waals surface area contributed by atoms with Gasteiger partial charge in [-0.15, -0.1) is 0 Å². The quantitative estimate of drug-likeness (QED) is 0.245. The number of likely N-dealkylation sites (N-methyl/N-ethyl adjacent to an activating group) is 1. The fraction of sp³-hybridized carbons (Fsp3) is 0.206. The van der Waals surface area contributed by atoms with E-state index in [9.17, 15) is 14.4 Å². The van der Waals surface area contributed by atoms with Crippen molar-refractivity contribution in [3.8, 4) is 0 Å². The molecule has 5 aromatic rings. The van der Waals surface area contributed by atoms with Gasteiger partial charge in [0.2, 0.25) is 11.8 Å². The van der Waals surface area contributed by atoms with Crippen molar-refractivity contribution in [3.63, 3.8) is 0 Å². The monoisotopic (exact) mass is 544 g/mol. The van der Waals surface area contributed by atoms with Gasteiger partial charge >= 0.3 is 0 Å².